The molecule has 136 valence electrons. The molecular weight excluding hydrogens is 314 g/mol. The molecule has 0 atom stereocenters. The molecule has 5 nitrogen and oxygen atoms in total. The second kappa shape index (κ2) is 7.83. The van der Waals surface area contributed by atoms with Crippen molar-refractivity contribution in [2.45, 2.75) is 53.3 Å². The lowest BCUT2D eigenvalue weighted by Gasteiger charge is -2.29. The lowest BCUT2D eigenvalue weighted by atomic mass is 10.1. The molecule has 1 N–H and O–H groups in total. The average molecular weight is 343 g/mol. The minimum absolute atomic E-state index is 0.0986. The maximum absolute atomic E-state index is 13.1. The molecule has 0 unspecified atom stereocenters. The van der Waals surface area contributed by atoms with E-state index in [1.807, 2.05) is 41.9 Å². The van der Waals surface area contributed by atoms with Crippen LogP contribution >= 0.6 is 0 Å². The molecule has 1 aromatic carbocycles. The van der Waals surface area contributed by atoms with E-state index < -0.39 is 5.60 Å². The van der Waals surface area contributed by atoms with Gasteiger partial charge in [-0.1, -0.05) is 44.2 Å². The second-order valence-electron chi connectivity index (χ2n) is 7.68. The van der Waals surface area contributed by atoms with Gasteiger partial charge >= 0.3 is 0 Å². The number of rotatable bonds is 7. The molecule has 1 aromatic heterocycles. The average Bonchev–Trinajstić information content (AvgIpc) is 2.86. The minimum Gasteiger partial charge on any atom is -0.389 e. The van der Waals surface area contributed by atoms with Crippen molar-refractivity contribution in [2.75, 3.05) is 6.54 Å². The first-order valence-electron chi connectivity index (χ1n) is 8.75. The van der Waals surface area contributed by atoms with E-state index >= 15 is 0 Å². The Hall–Kier alpha value is -2.14. The monoisotopic (exact) mass is 343 g/mol. The van der Waals surface area contributed by atoms with Crippen molar-refractivity contribution in [1.82, 2.24) is 14.7 Å². The summed E-state index contributed by atoms with van der Waals surface area (Å²) in [5.41, 5.74) is 1.53. The standard InChI is InChI=1S/C20H29N3O2/c1-15(2)12-23-16(3)18(11-21-23)19(24)22(14-20(4,5)25)13-17-9-7-6-8-10-17/h6-11,15,25H,12-14H2,1-5H3. The minimum atomic E-state index is -0.966. The SMILES string of the molecule is Cc1c(C(=O)N(Cc2ccccc2)CC(C)(C)O)cnn1CC(C)C. The van der Waals surface area contributed by atoms with Crippen LogP contribution in [0.1, 0.15) is 49.3 Å². The first kappa shape index (κ1) is 19.2. The molecule has 0 saturated heterocycles. The van der Waals surface area contributed by atoms with Crippen molar-refractivity contribution in [2.24, 2.45) is 5.92 Å². The second-order valence-corrected chi connectivity index (χ2v) is 7.68. The predicted octanol–water partition coefficient (Wildman–Crippen LogP) is 3.26. The molecule has 25 heavy (non-hydrogen) atoms. The Bertz CT molecular complexity index is 699. The van der Waals surface area contributed by atoms with Gasteiger partial charge in [0.15, 0.2) is 0 Å². The van der Waals surface area contributed by atoms with Crippen LogP contribution in [-0.2, 0) is 13.1 Å². The maximum Gasteiger partial charge on any atom is 0.257 e. The third-order valence-corrected chi connectivity index (χ3v) is 3.95. The van der Waals surface area contributed by atoms with Crippen molar-refractivity contribution in [3.63, 3.8) is 0 Å². The van der Waals surface area contributed by atoms with Gasteiger partial charge in [0.25, 0.3) is 5.91 Å². The highest BCUT2D eigenvalue weighted by atomic mass is 16.3. The van der Waals surface area contributed by atoms with Gasteiger partial charge in [0.2, 0.25) is 0 Å². The van der Waals surface area contributed by atoms with Crippen molar-refractivity contribution in [3.8, 4) is 0 Å². The summed E-state index contributed by atoms with van der Waals surface area (Å²) in [4.78, 5) is 14.8. The number of hydrogen-bond acceptors (Lipinski definition) is 3. The van der Waals surface area contributed by atoms with Crippen molar-refractivity contribution in [3.05, 3.63) is 53.3 Å². The quantitative estimate of drug-likeness (QED) is 0.839. The van der Waals surface area contributed by atoms with Crippen LogP contribution in [-0.4, -0.2) is 37.8 Å². The summed E-state index contributed by atoms with van der Waals surface area (Å²) in [6.07, 6.45) is 1.64. The van der Waals surface area contributed by atoms with E-state index in [9.17, 15) is 9.90 Å². The Balaban J connectivity index is 2.27. The first-order valence-corrected chi connectivity index (χ1v) is 8.75. The normalized spacial score (nSPS) is 11.8. The molecular formula is C20H29N3O2. The molecule has 1 amide bonds. The molecule has 0 aliphatic heterocycles. The van der Waals surface area contributed by atoms with Gasteiger partial charge in [-0.3, -0.25) is 9.48 Å². The topological polar surface area (TPSA) is 58.4 Å². The summed E-state index contributed by atoms with van der Waals surface area (Å²) >= 11 is 0. The van der Waals surface area contributed by atoms with E-state index in [2.05, 4.69) is 18.9 Å². The lowest BCUT2D eigenvalue weighted by molar-refractivity contribution is 0.0279. The molecule has 2 rings (SSSR count). The zero-order valence-corrected chi connectivity index (χ0v) is 15.9. The van der Waals surface area contributed by atoms with Gasteiger partial charge in [-0.15, -0.1) is 0 Å². The Morgan fingerprint density at radius 1 is 1.28 bits per heavy atom. The fourth-order valence-electron chi connectivity index (χ4n) is 2.83. The number of amides is 1. The summed E-state index contributed by atoms with van der Waals surface area (Å²) in [7, 11) is 0. The Labute approximate surface area is 150 Å². The van der Waals surface area contributed by atoms with Gasteiger partial charge < -0.3 is 10.0 Å². The molecule has 0 saturated carbocycles. The number of hydrogen-bond donors (Lipinski definition) is 1. The van der Waals surface area contributed by atoms with Gasteiger partial charge in [-0.2, -0.15) is 5.10 Å². The summed E-state index contributed by atoms with van der Waals surface area (Å²) in [6, 6.07) is 9.83. The molecule has 0 radical (unpaired) electrons. The summed E-state index contributed by atoms with van der Waals surface area (Å²) in [5.74, 6) is 0.358. The third-order valence-electron chi connectivity index (χ3n) is 3.95. The number of aromatic nitrogens is 2. The van der Waals surface area contributed by atoms with Gasteiger partial charge in [0.05, 0.1) is 17.4 Å². The highest BCUT2D eigenvalue weighted by molar-refractivity contribution is 5.95. The number of carbonyl (C=O) groups is 1. The molecule has 0 aliphatic rings. The van der Waals surface area contributed by atoms with Crippen LogP contribution in [0.25, 0.3) is 0 Å². The van der Waals surface area contributed by atoms with E-state index in [0.717, 1.165) is 17.8 Å². The van der Waals surface area contributed by atoms with E-state index in [4.69, 9.17) is 0 Å². The Morgan fingerprint density at radius 2 is 1.92 bits per heavy atom. The molecule has 0 bridgehead atoms. The maximum atomic E-state index is 13.1. The zero-order valence-electron chi connectivity index (χ0n) is 15.9. The van der Waals surface area contributed by atoms with Gasteiger partial charge in [0, 0.05) is 25.3 Å². The summed E-state index contributed by atoms with van der Waals surface area (Å²) in [6.45, 7) is 11.1. The predicted molar refractivity (Wildman–Crippen MR) is 99.3 cm³/mol. The number of carbonyl (C=O) groups excluding carboxylic acids is 1. The van der Waals surface area contributed by atoms with E-state index in [1.54, 1.807) is 24.9 Å². The first-order chi connectivity index (χ1) is 11.7. The third kappa shape index (κ3) is 5.43. The number of nitrogens with zero attached hydrogens (tertiary/aromatic N) is 3. The van der Waals surface area contributed by atoms with E-state index in [0.29, 0.717) is 18.0 Å². The van der Waals surface area contributed by atoms with Crippen molar-refractivity contribution >= 4 is 5.91 Å². The Kier molecular flexibility index (Phi) is 6.01. The van der Waals surface area contributed by atoms with Gasteiger partial charge in [-0.25, -0.2) is 0 Å². The molecule has 0 spiro atoms. The van der Waals surface area contributed by atoms with Crippen LogP contribution in [0.15, 0.2) is 36.5 Å². The van der Waals surface area contributed by atoms with Gasteiger partial charge in [0.1, 0.15) is 0 Å². The van der Waals surface area contributed by atoms with E-state index in [-0.39, 0.29) is 12.5 Å². The zero-order chi connectivity index (χ0) is 18.6. The van der Waals surface area contributed by atoms with Crippen LogP contribution < -0.4 is 0 Å². The van der Waals surface area contributed by atoms with Crippen LogP contribution in [0.3, 0.4) is 0 Å². The molecule has 0 aliphatic carbocycles. The number of benzene rings is 1. The number of aliphatic hydroxyl groups is 1. The highest BCUT2D eigenvalue weighted by Crippen LogP contribution is 2.17. The fourth-order valence-corrected chi connectivity index (χ4v) is 2.83. The fraction of sp³-hybridized carbons (Fsp3) is 0.500. The summed E-state index contributed by atoms with van der Waals surface area (Å²) in [5, 5.41) is 14.6. The largest absolute Gasteiger partial charge is 0.389 e. The van der Waals surface area contributed by atoms with Crippen molar-refractivity contribution in [1.29, 1.82) is 0 Å². The van der Waals surface area contributed by atoms with Crippen LogP contribution in [0.5, 0.6) is 0 Å². The van der Waals surface area contributed by atoms with Crippen LogP contribution in [0, 0.1) is 12.8 Å². The highest BCUT2D eigenvalue weighted by Gasteiger charge is 2.26. The molecule has 2 aromatic rings. The van der Waals surface area contributed by atoms with Gasteiger partial charge in [-0.05, 0) is 32.3 Å². The Morgan fingerprint density at radius 3 is 2.48 bits per heavy atom. The summed E-state index contributed by atoms with van der Waals surface area (Å²) < 4.78 is 1.88. The molecule has 5 heteroatoms. The lowest BCUT2D eigenvalue weighted by Crippen LogP contribution is -2.42. The van der Waals surface area contributed by atoms with Crippen LogP contribution in [0.4, 0.5) is 0 Å². The smallest absolute Gasteiger partial charge is 0.257 e. The van der Waals surface area contributed by atoms with E-state index in [1.165, 1.54) is 0 Å². The van der Waals surface area contributed by atoms with Crippen molar-refractivity contribution < 1.29 is 9.90 Å². The van der Waals surface area contributed by atoms with Crippen LogP contribution in [0.2, 0.25) is 0 Å². The molecule has 1 heterocycles. The molecule has 0 fully saturated rings.